The summed E-state index contributed by atoms with van der Waals surface area (Å²) in [4.78, 5) is 24.0. The summed E-state index contributed by atoms with van der Waals surface area (Å²) in [5.74, 6) is -0.686. The van der Waals surface area contributed by atoms with E-state index in [-0.39, 0.29) is 31.6 Å². The van der Waals surface area contributed by atoms with E-state index in [9.17, 15) is 14.7 Å². The number of unbranched alkanes of at least 4 members (excludes halogenated alkanes) is 13. The van der Waals surface area contributed by atoms with Crippen molar-refractivity contribution in [3.05, 3.63) is 36.5 Å². The van der Waals surface area contributed by atoms with Crippen molar-refractivity contribution in [2.45, 2.75) is 148 Å². The minimum atomic E-state index is -0.793. The van der Waals surface area contributed by atoms with Crippen molar-refractivity contribution in [1.29, 1.82) is 0 Å². The number of hydrogen-bond donors (Lipinski definition) is 1. The fraction of sp³-hybridized carbons (Fsp3) is 0.758. The molecule has 0 aliphatic carbocycles. The van der Waals surface area contributed by atoms with Gasteiger partial charge in [0.1, 0.15) is 6.61 Å². The lowest BCUT2D eigenvalue weighted by atomic mass is 10.1. The van der Waals surface area contributed by atoms with E-state index in [1.54, 1.807) is 0 Å². The first-order valence-electron chi connectivity index (χ1n) is 15.5. The van der Waals surface area contributed by atoms with E-state index in [1.807, 2.05) is 6.08 Å². The van der Waals surface area contributed by atoms with Crippen molar-refractivity contribution < 1.29 is 24.2 Å². The number of rotatable bonds is 27. The van der Waals surface area contributed by atoms with E-state index in [1.165, 1.54) is 70.6 Å². The highest BCUT2D eigenvalue weighted by Crippen LogP contribution is 2.10. The zero-order valence-corrected chi connectivity index (χ0v) is 24.7. The van der Waals surface area contributed by atoms with Crippen molar-refractivity contribution in [2.24, 2.45) is 0 Å². The molecule has 38 heavy (non-hydrogen) atoms. The van der Waals surface area contributed by atoms with Crippen LogP contribution in [0, 0.1) is 0 Å². The highest BCUT2D eigenvalue weighted by atomic mass is 16.6. The fourth-order valence-corrected chi connectivity index (χ4v) is 4.00. The van der Waals surface area contributed by atoms with Gasteiger partial charge in [-0.05, 0) is 51.4 Å². The molecule has 0 spiro atoms. The molecule has 0 saturated carbocycles. The van der Waals surface area contributed by atoms with E-state index in [4.69, 9.17) is 9.47 Å². The van der Waals surface area contributed by atoms with Crippen molar-refractivity contribution >= 4 is 11.9 Å². The Kier molecular flexibility index (Phi) is 28.2. The molecule has 0 fully saturated rings. The summed E-state index contributed by atoms with van der Waals surface area (Å²) in [5, 5.41) is 9.46. The summed E-state index contributed by atoms with van der Waals surface area (Å²) in [7, 11) is 0. The normalized spacial score (nSPS) is 12.6. The van der Waals surface area contributed by atoms with Crippen molar-refractivity contribution in [1.82, 2.24) is 0 Å². The van der Waals surface area contributed by atoms with E-state index in [0.717, 1.165) is 38.5 Å². The number of carbonyl (C=O) groups excluding carboxylic acids is 2. The minimum Gasteiger partial charge on any atom is -0.462 e. The lowest BCUT2D eigenvalue weighted by Gasteiger charge is -2.15. The average molecular weight is 535 g/mol. The monoisotopic (exact) mass is 534 g/mol. The molecule has 220 valence electrons. The Hall–Kier alpha value is -1.88. The second kappa shape index (κ2) is 29.7. The number of hydrogen-bond acceptors (Lipinski definition) is 5. The standard InChI is InChI=1S/C33H58O5/c1-3-5-7-9-11-13-15-16-18-19-21-23-25-27-32(35)37-30-31(29-34)38-33(36)28-26-24-22-20-17-14-12-10-8-6-4-2/h10,12,16,18,21,23,31,34H,3-9,11,13-15,17,19-20,22,24-30H2,1-2H3/b12-10+,18-16+,23-21+. The Morgan fingerprint density at radius 2 is 1.13 bits per heavy atom. The Balaban J connectivity index is 3.71. The average Bonchev–Trinajstić information content (AvgIpc) is 2.92. The first-order chi connectivity index (χ1) is 18.6. The lowest BCUT2D eigenvalue weighted by Crippen LogP contribution is -2.28. The van der Waals surface area contributed by atoms with E-state index < -0.39 is 6.10 Å². The largest absolute Gasteiger partial charge is 0.462 e. The van der Waals surface area contributed by atoms with Gasteiger partial charge in [0.25, 0.3) is 0 Å². The van der Waals surface area contributed by atoms with Gasteiger partial charge in [0.05, 0.1) is 6.61 Å². The van der Waals surface area contributed by atoms with E-state index in [2.05, 4.69) is 44.2 Å². The van der Waals surface area contributed by atoms with Gasteiger partial charge in [-0.25, -0.2) is 0 Å². The van der Waals surface area contributed by atoms with Crippen molar-refractivity contribution in [2.75, 3.05) is 13.2 Å². The third-order valence-electron chi connectivity index (χ3n) is 6.42. The van der Waals surface area contributed by atoms with Crippen LogP contribution in [0.4, 0.5) is 0 Å². The number of carbonyl (C=O) groups is 2. The van der Waals surface area contributed by atoms with Crippen molar-refractivity contribution in [3.8, 4) is 0 Å². The second-order valence-electron chi connectivity index (χ2n) is 10.2. The van der Waals surface area contributed by atoms with Crippen LogP contribution in [0.2, 0.25) is 0 Å². The van der Waals surface area contributed by atoms with Crippen LogP contribution in [0.5, 0.6) is 0 Å². The molecule has 1 unspecified atom stereocenters. The molecule has 0 amide bonds. The molecule has 1 atom stereocenters. The summed E-state index contributed by atoms with van der Waals surface area (Å²) in [5.41, 5.74) is 0. The van der Waals surface area contributed by atoms with Gasteiger partial charge in [0.2, 0.25) is 0 Å². The van der Waals surface area contributed by atoms with Gasteiger partial charge in [0.15, 0.2) is 6.10 Å². The SMILES string of the molecule is CCCC/C=C/CCCCCCCC(=O)OC(CO)COC(=O)CC/C=C/C/C=C/CCCCCCCC. The number of ether oxygens (including phenoxy) is 2. The zero-order valence-electron chi connectivity index (χ0n) is 24.7. The quantitative estimate of drug-likeness (QED) is 0.0647. The number of allylic oxidation sites excluding steroid dienone is 6. The predicted molar refractivity (Wildman–Crippen MR) is 159 cm³/mol. The van der Waals surface area contributed by atoms with E-state index >= 15 is 0 Å². The number of esters is 2. The molecule has 0 bridgehead atoms. The molecular weight excluding hydrogens is 476 g/mol. The molecule has 0 aromatic carbocycles. The zero-order chi connectivity index (χ0) is 27.9. The van der Waals surface area contributed by atoms with Crippen LogP contribution >= 0.6 is 0 Å². The van der Waals surface area contributed by atoms with Gasteiger partial charge < -0.3 is 14.6 Å². The van der Waals surface area contributed by atoms with Crippen LogP contribution in [0.25, 0.3) is 0 Å². The fourth-order valence-electron chi connectivity index (χ4n) is 4.00. The molecule has 5 nitrogen and oxygen atoms in total. The number of aliphatic hydroxyl groups excluding tert-OH is 1. The maximum Gasteiger partial charge on any atom is 0.306 e. The van der Waals surface area contributed by atoms with E-state index in [0.29, 0.717) is 12.8 Å². The maximum atomic E-state index is 12.0. The Labute approximate surface area is 234 Å². The molecule has 0 radical (unpaired) electrons. The lowest BCUT2D eigenvalue weighted by molar-refractivity contribution is -0.161. The summed E-state index contributed by atoms with van der Waals surface area (Å²) in [6.45, 7) is 4.00. The van der Waals surface area contributed by atoms with Crippen LogP contribution in [-0.2, 0) is 19.1 Å². The van der Waals surface area contributed by atoms with Crippen LogP contribution in [0.3, 0.4) is 0 Å². The highest BCUT2D eigenvalue weighted by molar-refractivity contribution is 5.70. The van der Waals surface area contributed by atoms with Crippen LogP contribution in [0.15, 0.2) is 36.5 Å². The molecule has 0 saturated heterocycles. The topological polar surface area (TPSA) is 72.8 Å². The van der Waals surface area contributed by atoms with Gasteiger partial charge >= 0.3 is 11.9 Å². The summed E-state index contributed by atoms with van der Waals surface area (Å²) >= 11 is 0. The summed E-state index contributed by atoms with van der Waals surface area (Å²) < 4.78 is 10.5. The maximum absolute atomic E-state index is 12.0. The molecule has 1 N–H and O–H groups in total. The predicted octanol–water partition coefficient (Wildman–Crippen LogP) is 8.94. The van der Waals surface area contributed by atoms with Crippen LogP contribution < -0.4 is 0 Å². The third-order valence-corrected chi connectivity index (χ3v) is 6.42. The Bertz CT molecular complexity index is 623. The van der Waals surface area contributed by atoms with Gasteiger partial charge in [-0.3, -0.25) is 9.59 Å². The van der Waals surface area contributed by atoms with Gasteiger partial charge in [-0.1, -0.05) is 115 Å². The van der Waals surface area contributed by atoms with Crippen LogP contribution in [0.1, 0.15) is 142 Å². The highest BCUT2D eigenvalue weighted by Gasteiger charge is 2.15. The molecule has 0 aliphatic heterocycles. The minimum absolute atomic E-state index is 0.0995. The molecule has 0 heterocycles. The van der Waals surface area contributed by atoms with Gasteiger partial charge in [-0.2, -0.15) is 0 Å². The van der Waals surface area contributed by atoms with Gasteiger partial charge in [0, 0.05) is 12.8 Å². The molecule has 0 rings (SSSR count). The second-order valence-corrected chi connectivity index (χ2v) is 10.2. The van der Waals surface area contributed by atoms with Crippen molar-refractivity contribution in [3.63, 3.8) is 0 Å². The van der Waals surface area contributed by atoms with Crippen LogP contribution in [-0.4, -0.2) is 36.4 Å². The Morgan fingerprint density at radius 1 is 0.605 bits per heavy atom. The molecule has 0 aliphatic rings. The molecule has 0 aromatic rings. The summed E-state index contributed by atoms with van der Waals surface area (Å²) in [6.07, 6.45) is 33.5. The Morgan fingerprint density at radius 3 is 1.76 bits per heavy atom. The van der Waals surface area contributed by atoms with Gasteiger partial charge in [-0.15, -0.1) is 0 Å². The molecular formula is C33H58O5. The third kappa shape index (κ3) is 27.2. The smallest absolute Gasteiger partial charge is 0.306 e. The first-order valence-corrected chi connectivity index (χ1v) is 15.5. The first kappa shape index (κ1) is 36.1. The summed E-state index contributed by atoms with van der Waals surface area (Å²) in [6, 6.07) is 0. The number of aliphatic hydroxyl groups is 1. The molecule has 0 aromatic heterocycles. The molecule has 5 heteroatoms.